The number of phenols is 1. The van der Waals surface area contributed by atoms with Crippen molar-refractivity contribution in [1.29, 1.82) is 0 Å². The van der Waals surface area contributed by atoms with Crippen molar-refractivity contribution >= 4 is 35.1 Å². The molecule has 5 rings (SSSR count). The number of benzene rings is 3. The second kappa shape index (κ2) is 11.4. The van der Waals surface area contributed by atoms with E-state index in [9.17, 15) is 9.90 Å². The summed E-state index contributed by atoms with van der Waals surface area (Å²) in [5, 5.41) is 9.80. The molecule has 1 aliphatic carbocycles. The van der Waals surface area contributed by atoms with Crippen LogP contribution in [0.15, 0.2) is 83.5 Å². The summed E-state index contributed by atoms with van der Waals surface area (Å²) < 4.78 is 11.3. The number of rotatable bonds is 7. The van der Waals surface area contributed by atoms with Crippen LogP contribution < -0.4 is 9.64 Å². The van der Waals surface area contributed by atoms with Gasteiger partial charge in [-0.25, -0.2) is 4.99 Å². The Morgan fingerprint density at radius 2 is 1.53 bits per heavy atom. The Morgan fingerprint density at radius 1 is 0.947 bits per heavy atom. The van der Waals surface area contributed by atoms with Gasteiger partial charge in [0, 0.05) is 23.6 Å². The molecule has 1 heterocycles. The number of amidine groups is 1. The molecule has 7 nitrogen and oxygen atoms in total. The largest absolute Gasteiger partial charge is 0.508 e. The highest BCUT2D eigenvalue weighted by molar-refractivity contribution is 6.11. The number of aromatic hydroxyl groups is 1. The highest BCUT2D eigenvalue weighted by Crippen LogP contribution is 2.36. The van der Waals surface area contributed by atoms with Crippen LogP contribution in [0.25, 0.3) is 6.08 Å². The lowest BCUT2D eigenvalue weighted by atomic mass is 9.96. The number of anilines is 3. The fraction of sp³-hybridized carbons (Fsp3) is 0.290. The highest BCUT2D eigenvalue weighted by Gasteiger charge is 2.34. The van der Waals surface area contributed by atoms with Crippen molar-refractivity contribution in [3.63, 3.8) is 0 Å². The number of carbonyl (C=O) groups is 1. The van der Waals surface area contributed by atoms with Gasteiger partial charge in [-0.2, -0.15) is 0 Å². The van der Waals surface area contributed by atoms with Gasteiger partial charge >= 0.3 is 6.02 Å². The number of hydrogen-bond donors (Lipinski definition) is 1. The molecule has 0 aromatic heterocycles. The molecule has 7 heteroatoms. The van der Waals surface area contributed by atoms with Gasteiger partial charge in [0.05, 0.1) is 13.2 Å². The van der Waals surface area contributed by atoms with Gasteiger partial charge in [-0.3, -0.25) is 9.69 Å². The molecule has 0 radical (unpaired) electrons. The van der Waals surface area contributed by atoms with Crippen LogP contribution in [0, 0.1) is 0 Å². The Labute approximate surface area is 223 Å². The van der Waals surface area contributed by atoms with Crippen molar-refractivity contribution in [2.75, 3.05) is 18.6 Å². The van der Waals surface area contributed by atoms with Crippen molar-refractivity contribution in [3.8, 4) is 11.5 Å². The maximum atomic E-state index is 13.0. The molecular weight excluding hydrogens is 478 g/mol. The normalized spacial score (nSPS) is 18.2. The van der Waals surface area contributed by atoms with Crippen molar-refractivity contribution < 1.29 is 19.4 Å². The van der Waals surface area contributed by atoms with Gasteiger partial charge in [0.1, 0.15) is 11.5 Å². The van der Waals surface area contributed by atoms with Crippen LogP contribution in [-0.4, -0.2) is 41.6 Å². The summed E-state index contributed by atoms with van der Waals surface area (Å²) in [5.74, 6) is 1.11. The van der Waals surface area contributed by atoms with E-state index in [2.05, 4.69) is 4.90 Å². The molecule has 1 aliphatic heterocycles. The van der Waals surface area contributed by atoms with Crippen molar-refractivity contribution in [2.24, 2.45) is 4.99 Å². The van der Waals surface area contributed by atoms with Gasteiger partial charge < -0.3 is 19.5 Å². The molecule has 1 saturated heterocycles. The fourth-order valence-corrected chi connectivity index (χ4v) is 4.90. The van der Waals surface area contributed by atoms with Gasteiger partial charge in [0.25, 0.3) is 5.91 Å². The van der Waals surface area contributed by atoms with E-state index in [1.807, 2.05) is 67.6 Å². The minimum absolute atomic E-state index is 0.157. The Kier molecular flexibility index (Phi) is 7.63. The molecule has 38 heavy (non-hydrogen) atoms. The molecule has 0 bridgehead atoms. The van der Waals surface area contributed by atoms with Crippen LogP contribution in [0.1, 0.15) is 44.6 Å². The maximum Gasteiger partial charge on any atom is 0.300 e. The summed E-state index contributed by atoms with van der Waals surface area (Å²) in [4.78, 5) is 21.5. The Balaban J connectivity index is 1.41. The smallest absolute Gasteiger partial charge is 0.300 e. The zero-order valence-electron chi connectivity index (χ0n) is 21.8. The predicted molar refractivity (Wildman–Crippen MR) is 150 cm³/mol. The average molecular weight is 512 g/mol. The lowest BCUT2D eigenvalue weighted by Crippen LogP contribution is -2.30. The van der Waals surface area contributed by atoms with Crippen LogP contribution in [0.4, 0.5) is 17.1 Å². The number of hydrogen-bond acceptors (Lipinski definition) is 6. The standard InChI is InChI=1S/C31H33N3O4/c1-3-33-30(36)29(38-31(33)32-23-7-5-4-6-8-23)21-22-9-11-24(12-10-22)34(25-13-17-27(35)18-14-25)26-15-19-28(37-2)20-16-26/h9-21,23,35H,3-8H2,1-2H3/b29-21+,32-31+. The first-order valence-electron chi connectivity index (χ1n) is 13.2. The van der Waals surface area contributed by atoms with E-state index in [1.165, 1.54) is 19.3 Å². The molecule has 1 saturated carbocycles. The third kappa shape index (κ3) is 5.52. The van der Waals surface area contributed by atoms with Crippen molar-refractivity contribution in [2.45, 2.75) is 45.1 Å². The minimum Gasteiger partial charge on any atom is -0.508 e. The molecule has 3 aromatic rings. The summed E-state index contributed by atoms with van der Waals surface area (Å²) in [5.41, 5.74) is 3.62. The topological polar surface area (TPSA) is 74.6 Å². The van der Waals surface area contributed by atoms with Crippen molar-refractivity contribution in [3.05, 3.63) is 84.1 Å². The predicted octanol–water partition coefficient (Wildman–Crippen LogP) is 6.78. The maximum absolute atomic E-state index is 13.0. The summed E-state index contributed by atoms with van der Waals surface area (Å²) in [7, 11) is 1.64. The molecule has 1 N–H and O–H groups in total. The average Bonchev–Trinajstić information content (AvgIpc) is 3.24. The number of phenolic OH excluding ortho intramolecular Hbond substituents is 1. The summed E-state index contributed by atoms with van der Waals surface area (Å²) in [6.07, 6.45) is 7.47. The van der Waals surface area contributed by atoms with E-state index in [4.69, 9.17) is 14.5 Å². The number of amides is 1. The third-order valence-electron chi connectivity index (χ3n) is 6.96. The number of carbonyl (C=O) groups excluding carboxylic acids is 1. The number of likely N-dealkylation sites (N-methyl/N-ethyl adjacent to an activating group) is 1. The van der Waals surface area contributed by atoms with Crippen molar-refractivity contribution in [1.82, 2.24) is 4.90 Å². The van der Waals surface area contributed by atoms with Gasteiger partial charge in [0.15, 0.2) is 5.76 Å². The summed E-state index contributed by atoms with van der Waals surface area (Å²) >= 11 is 0. The number of nitrogens with zero attached hydrogens (tertiary/aromatic N) is 3. The van der Waals surface area contributed by atoms with Crippen LogP contribution in [-0.2, 0) is 9.53 Å². The SMILES string of the molecule is CCN1C(=O)/C(=C\c2ccc(N(c3ccc(O)cc3)c3ccc(OC)cc3)cc2)O/C1=N/C1CCCCC1. The highest BCUT2D eigenvalue weighted by atomic mass is 16.5. The van der Waals surface area contributed by atoms with Crippen LogP contribution >= 0.6 is 0 Å². The first kappa shape index (κ1) is 25.4. The number of aliphatic imine (C=N–C) groups is 1. The Morgan fingerprint density at radius 3 is 2.11 bits per heavy atom. The molecule has 0 spiro atoms. The van der Waals surface area contributed by atoms with Gasteiger partial charge in [0.2, 0.25) is 0 Å². The fourth-order valence-electron chi connectivity index (χ4n) is 4.90. The number of ether oxygens (including phenoxy) is 2. The molecular formula is C31H33N3O4. The zero-order valence-corrected chi connectivity index (χ0v) is 21.8. The molecule has 0 unspecified atom stereocenters. The zero-order chi connectivity index (χ0) is 26.5. The van der Waals surface area contributed by atoms with E-state index in [1.54, 1.807) is 30.2 Å². The quantitative estimate of drug-likeness (QED) is 0.354. The van der Waals surface area contributed by atoms with Gasteiger partial charge in [-0.15, -0.1) is 0 Å². The van der Waals surface area contributed by atoms with E-state index < -0.39 is 0 Å². The first-order valence-corrected chi connectivity index (χ1v) is 13.2. The lowest BCUT2D eigenvalue weighted by Gasteiger charge is -2.25. The summed E-state index contributed by atoms with van der Waals surface area (Å²) in [6.45, 7) is 2.45. The van der Waals surface area contributed by atoms with Crippen LogP contribution in [0.2, 0.25) is 0 Å². The monoisotopic (exact) mass is 511 g/mol. The van der Waals surface area contributed by atoms with Gasteiger partial charge in [-0.1, -0.05) is 31.4 Å². The number of methoxy groups -OCH3 is 1. The molecule has 196 valence electrons. The van der Waals surface area contributed by atoms with Gasteiger partial charge in [-0.05, 0) is 92.1 Å². The van der Waals surface area contributed by atoms with E-state index >= 15 is 0 Å². The lowest BCUT2D eigenvalue weighted by molar-refractivity contribution is -0.122. The molecule has 0 atom stereocenters. The molecule has 2 aliphatic rings. The Bertz CT molecular complexity index is 1310. The molecule has 1 amide bonds. The van der Waals surface area contributed by atoms with E-state index in [0.29, 0.717) is 18.3 Å². The molecule has 2 fully saturated rings. The van der Waals surface area contributed by atoms with Crippen LogP contribution in [0.3, 0.4) is 0 Å². The first-order chi connectivity index (χ1) is 18.6. The molecule has 3 aromatic carbocycles. The Hall–Kier alpha value is -4.26. The van der Waals surface area contributed by atoms with Crippen LogP contribution in [0.5, 0.6) is 11.5 Å². The second-order valence-electron chi connectivity index (χ2n) is 9.50. The van der Waals surface area contributed by atoms with E-state index in [0.717, 1.165) is 41.2 Å². The minimum atomic E-state index is -0.157. The second-order valence-corrected chi connectivity index (χ2v) is 9.50. The summed E-state index contributed by atoms with van der Waals surface area (Å²) in [6, 6.07) is 23.4. The third-order valence-corrected chi connectivity index (χ3v) is 6.96. The van der Waals surface area contributed by atoms with E-state index in [-0.39, 0.29) is 17.7 Å².